The topological polar surface area (TPSA) is 47.6 Å². The third kappa shape index (κ3) is 1.16. The Morgan fingerprint density at radius 1 is 1.67 bits per heavy atom. The van der Waals surface area contributed by atoms with Crippen LogP contribution in [0.15, 0.2) is 0 Å². The molecular formula is C8H13NO3. The normalized spacial score (nSPS) is 41.1. The highest BCUT2D eigenvalue weighted by molar-refractivity contribution is 5.70. The highest BCUT2D eigenvalue weighted by Gasteiger charge is 2.44. The molecule has 0 bridgehead atoms. The molecule has 2 saturated heterocycles. The monoisotopic (exact) mass is 171 g/mol. The van der Waals surface area contributed by atoms with Crippen LogP contribution in [0.5, 0.6) is 0 Å². The summed E-state index contributed by atoms with van der Waals surface area (Å²) in [6.07, 6.45) is 1.81. The maximum absolute atomic E-state index is 10.8. The summed E-state index contributed by atoms with van der Waals surface area (Å²) >= 11 is 0. The van der Waals surface area contributed by atoms with Gasteiger partial charge in [-0.25, -0.2) is 4.79 Å². The first-order valence-electron chi connectivity index (χ1n) is 4.29. The first-order valence-corrected chi connectivity index (χ1v) is 4.29. The van der Waals surface area contributed by atoms with Crippen molar-refractivity contribution in [2.75, 3.05) is 13.2 Å². The molecule has 2 atom stereocenters. The van der Waals surface area contributed by atoms with Crippen LogP contribution in [0.1, 0.15) is 19.8 Å². The van der Waals surface area contributed by atoms with Crippen molar-refractivity contribution in [1.82, 2.24) is 5.32 Å². The Balaban J connectivity index is 2.05. The molecule has 68 valence electrons. The van der Waals surface area contributed by atoms with Gasteiger partial charge in [-0.3, -0.25) is 0 Å². The summed E-state index contributed by atoms with van der Waals surface area (Å²) in [5.74, 6) is 0. The predicted octanol–water partition coefficient (Wildman–Crippen LogP) is 0.664. The van der Waals surface area contributed by atoms with Crippen molar-refractivity contribution in [2.24, 2.45) is 0 Å². The molecule has 12 heavy (non-hydrogen) atoms. The molecule has 0 aromatic carbocycles. The maximum atomic E-state index is 10.8. The second-order valence-electron chi connectivity index (χ2n) is 3.56. The van der Waals surface area contributed by atoms with Crippen LogP contribution in [-0.4, -0.2) is 30.9 Å². The van der Waals surface area contributed by atoms with Crippen LogP contribution in [-0.2, 0) is 9.47 Å². The number of ether oxygens (including phenoxy) is 2. The van der Waals surface area contributed by atoms with Crippen LogP contribution >= 0.6 is 0 Å². The Bertz CT molecular complexity index is 200. The average molecular weight is 171 g/mol. The Morgan fingerprint density at radius 3 is 3.00 bits per heavy atom. The first-order chi connectivity index (χ1) is 5.71. The third-order valence-electron chi connectivity index (χ3n) is 2.52. The van der Waals surface area contributed by atoms with Gasteiger partial charge >= 0.3 is 6.09 Å². The van der Waals surface area contributed by atoms with Gasteiger partial charge in [0, 0.05) is 6.61 Å². The lowest BCUT2D eigenvalue weighted by Crippen LogP contribution is -2.42. The SMILES string of the molecule is CC1(C2CCCO2)CNC(=O)O1. The van der Waals surface area contributed by atoms with Crippen LogP contribution < -0.4 is 5.32 Å². The molecule has 0 saturated carbocycles. The number of hydrogen-bond donors (Lipinski definition) is 1. The molecule has 1 amide bonds. The summed E-state index contributed by atoms with van der Waals surface area (Å²) in [6, 6.07) is 0. The fourth-order valence-electron chi connectivity index (χ4n) is 1.77. The van der Waals surface area contributed by atoms with Crippen molar-refractivity contribution in [3.63, 3.8) is 0 Å². The molecule has 2 aliphatic rings. The number of rotatable bonds is 1. The van der Waals surface area contributed by atoms with Gasteiger partial charge in [-0.2, -0.15) is 0 Å². The fraction of sp³-hybridized carbons (Fsp3) is 0.875. The largest absolute Gasteiger partial charge is 0.439 e. The van der Waals surface area contributed by atoms with E-state index in [1.807, 2.05) is 6.92 Å². The molecule has 0 aromatic heterocycles. The van der Waals surface area contributed by atoms with Crippen LogP contribution in [0.25, 0.3) is 0 Å². The summed E-state index contributed by atoms with van der Waals surface area (Å²) < 4.78 is 10.6. The minimum absolute atomic E-state index is 0.0800. The molecule has 2 unspecified atom stereocenters. The Hall–Kier alpha value is -0.770. The predicted molar refractivity (Wildman–Crippen MR) is 41.9 cm³/mol. The molecule has 2 heterocycles. The zero-order valence-electron chi connectivity index (χ0n) is 7.13. The molecule has 2 aliphatic heterocycles. The van der Waals surface area contributed by atoms with E-state index in [1.54, 1.807) is 0 Å². The minimum Gasteiger partial charge on any atom is -0.439 e. The van der Waals surface area contributed by atoms with Crippen LogP contribution in [0.4, 0.5) is 4.79 Å². The number of nitrogens with one attached hydrogen (secondary N) is 1. The molecule has 2 rings (SSSR count). The van der Waals surface area contributed by atoms with Gasteiger partial charge in [0.1, 0.15) is 0 Å². The number of alkyl carbamates (subject to hydrolysis) is 1. The second-order valence-corrected chi connectivity index (χ2v) is 3.56. The van der Waals surface area contributed by atoms with Gasteiger partial charge in [-0.05, 0) is 19.8 Å². The lowest BCUT2D eigenvalue weighted by Gasteiger charge is -2.27. The second kappa shape index (κ2) is 2.62. The molecular weight excluding hydrogens is 158 g/mol. The molecule has 0 radical (unpaired) electrons. The van der Waals surface area contributed by atoms with E-state index in [-0.39, 0.29) is 12.2 Å². The van der Waals surface area contributed by atoms with Crippen molar-refractivity contribution in [2.45, 2.75) is 31.5 Å². The summed E-state index contributed by atoms with van der Waals surface area (Å²) in [5, 5.41) is 2.65. The lowest BCUT2D eigenvalue weighted by atomic mass is 9.97. The van der Waals surface area contributed by atoms with Crippen LogP contribution in [0, 0.1) is 0 Å². The smallest absolute Gasteiger partial charge is 0.407 e. The molecule has 4 heteroatoms. The van der Waals surface area contributed by atoms with Crippen molar-refractivity contribution < 1.29 is 14.3 Å². The van der Waals surface area contributed by atoms with Gasteiger partial charge in [0.15, 0.2) is 5.60 Å². The van der Waals surface area contributed by atoms with E-state index in [9.17, 15) is 4.79 Å². The highest BCUT2D eigenvalue weighted by atomic mass is 16.6. The Morgan fingerprint density at radius 2 is 2.50 bits per heavy atom. The van der Waals surface area contributed by atoms with E-state index in [1.165, 1.54) is 0 Å². The van der Waals surface area contributed by atoms with E-state index in [0.717, 1.165) is 19.4 Å². The molecule has 2 fully saturated rings. The van der Waals surface area contributed by atoms with Gasteiger partial charge in [0.05, 0.1) is 12.6 Å². The number of amides is 1. The number of hydrogen-bond acceptors (Lipinski definition) is 3. The number of cyclic esters (lactones) is 1. The lowest BCUT2D eigenvalue weighted by molar-refractivity contribution is -0.0517. The van der Waals surface area contributed by atoms with Crippen LogP contribution in [0.2, 0.25) is 0 Å². The summed E-state index contributed by atoms with van der Waals surface area (Å²) in [7, 11) is 0. The van der Waals surface area contributed by atoms with Crippen molar-refractivity contribution in [3.8, 4) is 0 Å². The molecule has 1 N–H and O–H groups in total. The van der Waals surface area contributed by atoms with Crippen molar-refractivity contribution >= 4 is 6.09 Å². The van der Waals surface area contributed by atoms with Gasteiger partial charge in [0.2, 0.25) is 0 Å². The standard InChI is InChI=1S/C8H13NO3/c1-8(5-9-7(10)12-8)6-3-2-4-11-6/h6H,2-5H2,1H3,(H,9,10). The zero-order valence-corrected chi connectivity index (χ0v) is 7.13. The molecule has 0 spiro atoms. The van der Waals surface area contributed by atoms with Gasteiger partial charge < -0.3 is 14.8 Å². The quantitative estimate of drug-likeness (QED) is 0.630. The molecule has 0 aromatic rings. The van der Waals surface area contributed by atoms with Crippen molar-refractivity contribution in [1.29, 1.82) is 0 Å². The van der Waals surface area contributed by atoms with E-state index in [0.29, 0.717) is 6.54 Å². The molecule has 0 aliphatic carbocycles. The van der Waals surface area contributed by atoms with E-state index in [4.69, 9.17) is 9.47 Å². The van der Waals surface area contributed by atoms with Gasteiger partial charge in [-0.1, -0.05) is 0 Å². The first kappa shape index (κ1) is 7.86. The third-order valence-corrected chi connectivity index (χ3v) is 2.52. The van der Waals surface area contributed by atoms with E-state index in [2.05, 4.69) is 5.32 Å². The van der Waals surface area contributed by atoms with Crippen LogP contribution in [0.3, 0.4) is 0 Å². The number of carbonyl (C=O) groups is 1. The zero-order chi connectivity index (χ0) is 8.60. The highest BCUT2D eigenvalue weighted by Crippen LogP contribution is 2.29. The van der Waals surface area contributed by atoms with Gasteiger partial charge in [0.25, 0.3) is 0 Å². The van der Waals surface area contributed by atoms with Crippen molar-refractivity contribution in [3.05, 3.63) is 0 Å². The molecule has 4 nitrogen and oxygen atoms in total. The summed E-state index contributed by atoms with van der Waals surface area (Å²) in [4.78, 5) is 10.8. The van der Waals surface area contributed by atoms with E-state index < -0.39 is 5.60 Å². The Labute approximate surface area is 71.2 Å². The number of carbonyl (C=O) groups excluding carboxylic acids is 1. The summed E-state index contributed by atoms with van der Waals surface area (Å²) in [5.41, 5.74) is -0.437. The Kier molecular flexibility index (Phi) is 1.72. The average Bonchev–Trinajstić information content (AvgIpc) is 2.59. The van der Waals surface area contributed by atoms with Gasteiger partial charge in [-0.15, -0.1) is 0 Å². The summed E-state index contributed by atoms with van der Waals surface area (Å²) in [6.45, 7) is 3.27. The van der Waals surface area contributed by atoms with E-state index >= 15 is 0 Å². The maximum Gasteiger partial charge on any atom is 0.407 e. The fourth-order valence-corrected chi connectivity index (χ4v) is 1.77. The minimum atomic E-state index is -0.437.